The van der Waals surface area contributed by atoms with Crippen LogP contribution in [0.4, 0.5) is 5.69 Å². The molecule has 126 valence electrons. The Balaban J connectivity index is 1.93. The molecule has 1 heterocycles. The fourth-order valence-electron chi connectivity index (χ4n) is 3.34. The summed E-state index contributed by atoms with van der Waals surface area (Å²) < 4.78 is 6.73. The molecule has 7 nitrogen and oxygen atoms in total. The van der Waals surface area contributed by atoms with E-state index in [4.69, 9.17) is 4.74 Å². The molecule has 1 aliphatic carbocycles. The second-order valence-corrected chi connectivity index (χ2v) is 5.99. The number of carbonyl (C=O) groups is 1. The zero-order chi connectivity index (χ0) is 17.3. The van der Waals surface area contributed by atoms with Gasteiger partial charge in [-0.05, 0) is 31.7 Å². The molecule has 0 spiro atoms. The molecule has 0 aliphatic heterocycles. The summed E-state index contributed by atoms with van der Waals surface area (Å²) in [6, 6.07) is 5.06. The number of hydrogen-bond donors (Lipinski definition) is 0. The lowest BCUT2D eigenvalue weighted by Crippen LogP contribution is -2.20. The molecular formula is C17H19N3O4. The van der Waals surface area contributed by atoms with Crippen molar-refractivity contribution in [2.75, 3.05) is 7.11 Å². The zero-order valence-electron chi connectivity index (χ0n) is 13.7. The summed E-state index contributed by atoms with van der Waals surface area (Å²) in [5.41, 5.74) is 3.54. The number of hydrogen-bond acceptors (Lipinski definition) is 5. The fourth-order valence-corrected chi connectivity index (χ4v) is 3.34. The van der Waals surface area contributed by atoms with Crippen molar-refractivity contribution in [1.82, 2.24) is 9.78 Å². The summed E-state index contributed by atoms with van der Waals surface area (Å²) in [7, 11) is 1.40. The maximum absolute atomic E-state index is 11.9. The van der Waals surface area contributed by atoms with Gasteiger partial charge in [-0.1, -0.05) is 12.1 Å². The van der Waals surface area contributed by atoms with Crippen LogP contribution < -0.4 is 0 Å². The number of benzene rings is 1. The van der Waals surface area contributed by atoms with E-state index in [0.29, 0.717) is 12.1 Å². The van der Waals surface area contributed by atoms with Crippen molar-refractivity contribution in [2.45, 2.75) is 38.6 Å². The standard InChI is InChI=1S/C17H19N3O4/c1-11-12(5-3-7-15(11)20(22)23)10-19-16-8-4-6-13(17(21)24-2)14(16)9-18-19/h3,5,7,9,13H,4,6,8,10H2,1-2H3. The number of fused-ring (bicyclic) bond motifs is 1. The first-order valence-corrected chi connectivity index (χ1v) is 7.88. The highest BCUT2D eigenvalue weighted by atomic mass is 16.6. The van der Waals surface area contributed by atoms with Gasteiger partial charge in [0.15, 0.2) is 0 Å². The van der Waals surface area contributed by atoms with Crippen LogP contribution in [0.25, 0.3) is 0 Å². The maximum Gasteiger partial charge on any atom is 0.313 e. The molecule has 1 aromatic heterocycles. The van der Waals surface area contributed by atoms with Gasteiger partial charge in [-0.3, -0.25) is 19.6 Å². The Hall–Kier alpha value is -2.70. The van der Waals surface area contributed by atoms with Gasteiger partial charge >= 0.3 is 5.97 Å². The Morgan fingerprint density at radius 1 is 1.50 bits per heavy atom. The molecule has 3 rings (SSSR count). The van der Waals surface area contributed by atoms with E-state index < -0.39 is 0 Å². The molecule has 24 heavy (non-hydrogen) atoms. The van der Waals surface area contributed by atoms with Gasteiger partial charge in [0.25, 0.3) is 5.69 Å². The number of rotatable bonds is 4. The highest BCUT2D eigenvalue weighted by Gasteiger charge is 2.30. The zero-order valence-corrected chi connectivity index (χ0v) is 13.7. The van der Waals surface area contributed by atoms with Crippen LogP contribution in [-0.2, 0) is 22.5 Å². The third-order valence-corrected chi connectivity index (χ3v) is 4.68. The van der Waals surface area contributed by atoms with Gasteiger partial charge in [-0.2, -0.15) is 5.10 Å². The summed E-state index contributed by atoms with van der Waals surface area (Å²) in [6.45, 7) is 2.21. The molecule has 0 saturated carbocycles. The second kappa shape index (κ2) is 6.43. The molecule has 0 bridgehead atoms. The second-order valence-electron chi connectivity index (χ2n) is 5.99. The fraction of sp³-hybridized carbons (Fsp3) is 0.412. The molecule has 7 heteroatoms. The SMILES string of the molecule is COC(=O)C1CCCc2c1cnn2Cc1cccc([N+](=O)[O-])c1C. The maximum atomic E-state index is 11.9. The van der Waals surface area contributed by atoms with E-state index in [1.165, 1.54) is 13.2 Å². The molecule has 1 unspecified atom stereocenters. The number of nitro benzene ring substituents is 1. The van der Waals surface area contributed by atoms with Crippen molar-refractivity contribution < 1.29 is 14.5 Å². The third kappa shape index (κ3) is 2.77. The third-order valence-electron chi connectivity index (χ3n) is 4.68. The number of methoxy groups -OCH3 is 1. The molecule has 1 aromatic carbocycles. The molecule has 0 radical (unpaired) electrons. The topological polar surface area (TPSA) is 87.3 Å². The molecule has 0 N–H and O–H groups in total. The van der Waals surface area contributed by atoms with Crippen LogP contribution in [0.1, 0.15) is 41.1 Å². The summed E-state index contributed by atoms with van der Waals surface area (Å²) in [6.07, 6.45) is 4.23. The van der Waals surface area contributed by atoms with Crippen molar-refractivity contribution in [3.8, 4) is 0 Å². The van der Waals surface area contributed by atoms with Gasteiger partial charge in [-0.15, -0.1) is 0 Å². The van der Waals surface area contributed by atoms with E-state index in [1.54, 1.807) is 19.2 Å². The lowest BCUT2D eigenvalue weighted by molar-refractivity contribution is -0.385. The van der Waals surface area contributed by atoms with Crippen molar-refractivity contribution in [1.29, 1.82) is 0 Å². The Bertz CT molecular complexity index is 797. The number of ether oxygens (including phenoxy) is 1. The Morgan fingerprint density at radius 2 is 2.29 bits per heavy atom. The minimum absolute atomic E-state index is 0.112. The lowest BCUT2D eigenvalue weighted by Gasteiger charge is -2.21. The van der Waals surface area contributed by atoms with Gasteiger partial charge in [0.1, 0.15) is 0 Å². The van der Waals surface area contributed by atoms with E-state index in [9.17, 15) is 14.9 Å². The number of aromatic nitrogens is 2. The first-order chi connectivity index (χ1) is 11.5. The van der Waals surface area contributed by atoms with Crippen LogP contribution in [-0.4, -0.2) is 27.8 Å². The van der Waals surface area contributed by atoms with Crippen molar-refractivity contribution >= 4 is 11.7 Å². The quantitative estimate of drug-likeness (QED) is 0.489. The Labute approximate surface area is 139 Å². The van der Waals surface area contributed by atoms with E-state index in [2.05, 4.69) is 5.10 Å². The van der Waals surface area contributed by atoms with Crippen LogP contribution in [0.2, 0.25) is 0 Å². The van der Waals surface area contributed by atoms with Crippen molar-refractivity contribution in [2.24, 2.45) is 0 Å². The average Bonchev–Trinajstić information content (AvgIpc) is 2.99. The molecular weight excluding hydrogens is 310 g/mol. The molecule has 0 fully saturated rings. The molecule has 0 amide bonds. The van der Waals surface area contributed by atoms with E-state index in [1.807, 2.05) is 10.7 Å². The lowest BCUT2D eigenvalue weighted by atomic mass is 9.87. The van der Waals surface area contributed by atoms with Crippen LogP contribution >= 0.6 is 0 Å². The van der Waals surface area contributed by atoms with Crippen LogP contribution in [0.5, 0.6) is 0 Å². The molecule has 0 saturated heterocycles. The minimum Gasteiger partial charge on any atom is -0.469 e. The number of nitrogens with zero attached hydrogens (tertiary/aromatic N) is 3. The van der Waals surface area contributed by atoms with Gasteiger partial charge in [0.05, 0.1) is 30.7 Å². The number of nitro groups is 1. The van der Waals surface area contributed by atoms with Crippen molar-refractivity contribution in [3.63, 3.8) is 0 Å². The summed E-state index contributed by atoms with van der Waals surface area (Å²) in [5, 5.41) is 15.5. The summed E-state index contributed by atoms with van der Waals surface area (Å²) in [5.74, 6) is -0.499. The molecule has 1 aliphatic rings. The molecule has 1 atom stereocenters. The minimum atomic E-state index is -0.370. The predicted octanol–water partition coefficient (Wildman–Crippen LogP) is 2.74. The van der Waals surface area contributed by atoms with E-state index in [-0.39, 0.29) is 22.5 Å². The summed E-state index contributed by atoms with van der Waals surface area (Å²) >= 11 is 0. The summed E-state index contributed by atoms with van der Waals surface area (Å²) in [4.78, 5) is 22.7. The van der Waals surface area contributed by atoms with Gasteiger partial charge in [0, 0.05) is 22.9 Å². The average molecular weight is 329 g/mol. The van der Waals surface area contributed by atoms with Crippen molar-refractivity contribution in [3.05, 3.63) is 56.9 Å². The highest BCUT2D eigenvalue weighted by Crippen LogP contribution is 2.33. The largest absolute Gasteiger partial charge is 0.469 e. The number of esters is 1. The van der Waals surface area contributed by atoms with Crippen LogP contribution in [0, 0.1) is 17.0 Å². The van der Waals surface area contributed by atoms with Gasteiger partial charge in [0.2, 0.25) is 0 Å². The number of carbonyl (C=O) groups excluding carboxylic acids is 1. The first kappa shape index (κ1) is 16.2. The highest BCUT2D eigenvalue weighted by molar-refractivity contribution is 5.78. The van der Waals surface area contributed by atoms with E-state index >= 15 is 0 Å². The Kier molecular flexibility index (Phi) is 4.33. The van der Waals surface area contributed by atoms with Gasteiger partial charge < -0.3 is 4.74 Å². The van der Waals surface area contributed by atoms with Crippen LogP contribution in [0.3, 0.4) is 0 Å². The monoisotopic (exact) mass is 329 g/mol. The first-order valence-electron chi connectivity index (χ1n) is 7.88. The van der Waals surface area contributed by atoms with E-state index in [0.717, 1.165) is 36.1 Å². The predicted molar refractivity (Wildman–Crippen MR) is 86.9 cm³/mol. The smallest absolute Gasteiger partial charge is 0.313 e. The van der Waals surface area contributed by atoms with Crippen LogP contribution in [0.15, 0.2) is 24.4 Å². The normalized spacial score (nSPS) is 16.5. The Morgan fingerprint density at radius 3 is 3.00 bits per heavy atom. The van der Waals surface area contributed by atoms with Gasteiger partial charge in [-0.25, -0.2) is 0 Å². The molecule has 2 aromatic rings.